The molecule has 1 aliphatic rings. The fourth-order valence-electron chi connectivity index (χ4n) is 1.38. The molecular formula is C10H6Cl3NO3. The summed E-state index contributed by atoms with van der Waals surface area (Å²) in [6, 6.07) is 6.81. The van der Waals surface area contributed by atoms with Gasteiger partial charge in [0.05, 0.1) is 6.54 Å². The molecule has 1 fully saturated rings. The van der Waals surface area contributed by atoms with Crippen LogP contribution in [0.25, 0.3) is 0 Å². The molecule has 0 atom stereocenters. The number of benzene rings is 1. The Bertz CT molecular complexity index is 489. The van der Waals surface area contributed by atoms with E-state index in [-0.39, 0.29) is 6.54 Å². The molecule has 7 heteroatoms. The van der Waals surface area contributed by atoms with Crippen LogP contribution in [0.5, 0.6) is 0 Å². The minimum absolute atomic E-state index is 0.0292. The zero-order chi connectivity index (χ0) is 12.6. The summed E-state index contributed by atoms with van der Waals surface area (Å²) < 4.78 is 2.37. The van der Waals surface area contributed by atoms with Crippen LogP contribution in [0.15, 0.2) is 24.3 Å². The van der Waals surface area contributed by atoms with Gasteiger partial charge in [0.2, 0.25) is 0 Å². The van der Waals surface area contributed by atoms with Gasteiger partial charge in [-0.1, -0.05) is 29.8 Å². The highest BCUT2D eigenvalue weighted by Gasteiger charge is 2.52. The number of hydrogen-bond acceptors (Lipinski definition) is 3. The summed E-state index contributed by atoms with van der Waals surface area (Å²) in [5, 5.41) is 0.440. The zero-order valence-electron chi connectivity index (χ0n) is 8.32. The van der Waals surface area contributed by atoms with Crippen molar-refractivity contribution >= 4 is 46.8 Å². The number of rotatable bonds is 2. The number of ether oxygens (including phenoxy) is 1. The van der Waals surface area contributed by atoms with E-state index in [2.05, 4.69) is 4.74 Å². The minimum Gasteiger partial charge on any atom is -0.402 e. The second-order valence-electron chi connectivity index (χ2n) is 3.37. The number of imide groups is 1. The van der Waals surface area contributed by atoms with E-state index in [1.165, 1.54) is 0 Å². The van der Waals surface area contributed by atoms with Gasteiger partial charge >= 0.3 is 16.5 Å². The van der Waals surface area contributed by atoms with Gasteiger partial charge in [-0.3, -0.25) is 4.79 Å². The van der Waals surface area contributed by atoms with E-state index in [4.69, 9.17) is 34.8 Å². The summed E-state index contributed by atoms with van der Waals surface area (Å²) in [7, 11) is 0. The van der Waals surface area contributed by atoms with Crippen molar-refractivity contribution in [1.82, 2.24) is 4.90 Å². The van der Waals surface area contributed by atoms with Gasteiger partial charge < -0.3 is 4.74 Å². The van der Waals surface area contributed by atoms with Crippen LogP contribution in [-0.2, 0) is 16.1 Å². The van der Waals surface area contributed by atoms with Crippen LogP contribution in [0.4, 0.5) is 4.79 Å². The van der Waals surface area contributed by atoms with Crippen LogP contribution >= 0.6 is 34.8 Å². The summed E-state index contributed by atoms with van der Waals surface area (Å²) in [6.45, 7) is -0.0292. The van der Waals surface area contributed by atoms with E-state index in [9.17, 15) is 9.59 Å². The first-order chi connectivity index (χ1) is 7.92. The molecule has 1 aromatic rings. The molecule has 2 amide bonds. The number of hydrogen-bond donors (Lipinski definition) is 0. The van der Waals surface area contributed by atoms with Crippen LogP contribution in [0, 0.1) is 0 Å². The first-order valence-corrected chi connectivity index (χ1v) is 5.71. The monoisotopic (exact) mass is 293 g/mol. The molecule has 0 N–H and O–H groups in total. The summed E-state index contributed by atoms with van der Waals surface area (Å²) in [5.74, 6) is -0.814. The Hall–Kier alpha value is -0.970. The van der Waals surface area contributed by atoms with E-state index < -0.39 is 16.5 Å². The van der Waals surface area contributed by atoms with Crippen molar-refractivity contribution in [2.45, 2.75) is 11.1 Å². The van der Waals surface area contributed by atoms with Crippen molar-refractivity contribution in [3.8, 4) is 0 Å². The average Bonchev–Trinajstić information content (AvgIpc) is 2.43. The molecule has 1 heterocycles. The second kappa shape index (κ2) is 4.37. The van der Waals surface area contributed by atoms with Crippen LogP contribution < -0.4 is 0 Å². The van der Waals surface area contributed by atoms with Crippen LogP contribution in [0.1, 0.15) is 5.56 Å². The Labute approximate surface area is 112 Å². The molecule has 0 unspecified atom stereocenters. The third-order valence-corrected chi connectivity index (χ3v) is 3.06. The maximum absolute atomic E-state index is 11.6. The van der Waals surface area contributed by atoms with Gasteiger partial charge in [-0.15, -0.1) is 0 Å². The van der Waals surface area contributed by atoms with E-state index in [0.29, 0.717) is 10.6 Å². The average molecular weight is 295 g/mol. The number of carbonyl (C=O) groups excluding carboxylic acids is 2. The lowest BCUT2D eigenvalue weighted by Gasteiger charge is -2.12. The molecule has 0 aromatic heterocycles. The number of nitrogens with zero attached hydrogens (tertiary/aromatic N) is 1. The van der Waals surface area contributed by atoms with Gasteiger partial charge in [-0.05, 0) is 34.8 Å². The fraction of sp³-hybridized carbons (Fsp3) is 0.200. The smallest absolute Gasteiger partial charge is 0.402 e. The maximum Gasteiger partial charge on any atom is 0.420 e. The van der Waals surface area contributed by atoms with Crippen molar-refractivity contribution < 1.29 is 14.3 Å². The standard InChI is InChI=1S/C10H6Cl3NO3/c11-7-4-2-1-3-6(7)5-14-8(15)10(12,13)17-9(14)16/h1-4H,5H2. The summed E-state index contributed by atoms with van der Waals surface area (Å²) in [4.78, 5) is 23.8. The lowest BCUT2D eigenvalue weighted by molar-refractivity contribution is -0.129. The first kappa shape index (κ1) is 12.5. The first-order valence-electron chi connectivity index (χ1n) is 4.58. The van der Waals surface area contributed by atoms with Gasteiger partial charge in [-0.2, -0.15) is 0 Å². The molecule has 1 aliphatic heterocycles. The highest BCUT2D eigenvalue weighted by molar-refractivity contribution is 6.58. The molecule has 1 saturated heterocycles. The molecule has 0 saturated carbocycles. The van der Waals surface area contributed by atoms with Crippen molar-refractivity contribution in [3.63, 3.8) is 0 Å². The topological polar surface area (TPSA) is 46.6 Å². The predicted octanol–water partition coefficient (Wildman–Crippen LogP) is 2.95. The highest BCUT2D eigenvalue weighted by atomic mass is 35.5. The number of cyclic esters (lactones) is 1. The predicted molar refractivity (Wildman–Crippen MR) is 62.9 cm³/mol. The third kappa shape index (κ3) is 2.34. The Morgan fingerprint density at radius 2 is 1.88 bits per heavy atom. The largest absolute Gasteiger partial charge is 0.420 e. The zero-order valence-corrected chi connectivity index (χ0v) is 10.6. The minimum atomic E-state index is -2.14. The van der Waals surface area contributed by atoms with Crippen molar-refractivity contribution in [3.05, 3.63) is 34.9 Å². The van der Waals surface area contributed by atoms with Gasteiger partial charge in [-0.25, -0.2) is 9.69 Å². The van der Waals surface area contributed by atoms with E-state index in [1.54, 1.807) is 24.3 Å². The Kier molecular flexibility index (Phi) is 3.21. The van der Waals surface area contributed by atoms with Crippen molar-refractivity contribution in [2.24, 2.45) is 0 Å². The SMILES string of the molecule is O=C1OC(Cl)(Cl)C(=O)N1Cc1ccccc1Cl. The van der Waals surface area contributed by atoms with Crippen LogP contribution in [-0.4, -0.2) is 21.4 Å². The summed E-state index contributed by atoms with van der Waals surface area (Å²) in [6.07, 6.45) is -0.889. The molecule has 0 radical (unpaired) electrons. The Balaban J connectivity index is 2.23. The number of carbonyl (C=O) groups is 2. The molecule has 0 aliphatic carbocycles. The van der Waals surface area contributed by atoms with E-state index in [1.807, 2.05) is 0 Å². The molecule has 17 heavy (non-hydrogen) atoms. The van der Waals surface area contributed by atoms with Crippen molar-refractivity contribution in [1.29, 1.82) is 0 Å². The Morgan fingerprint density at radius 1 is 1.24 bits per heavy atom. The molecule has 0 spiro atoms. The van der Waals surface area contributed by atoms with Gasteiger partial charge in [0.15, 0.2) is 0 Å². The van der Waals surface area contributed by atoms with Crippen molar-refractivity contribution in [2.75, 3.05) is 0 Å². The van der Waals surface area contributed by atoms with E-state index in [0.717, 1.165) is 4.90 Å². The van der Waals surface area contributed by atoms with Gasteiger partial charge in [0, 0.05) is 5.02 Å². The third-order valence-electron chi connectivity index (χ3n) is 2.22. The fourth-order valence-corrected chi connectivity index (χ4v) is 1.91. The lowest BCUT2D eigenvalue weighted by Crippen LogP contribution is -2.33. The Morgan fingerprint density at radius 3 is 2.41 bits per heavy atom. The van der Waals surface area contributed by atoms with E-state index >= 15 is 0 Å². The summed E-state index contributed by atoms with van der Waals surface area (Å²) >= 11 is 16.9. The van der Waals surface area contributed by atoms with Gasteiger partial charge in [0.25, 0.3) is 0 Å². The molecule has 1 aromatic carbocycles. The van der Waals surface area contributed by atoms with Crippen LogP contribution in [0.3, 0.4) is 0 Å². The molecule has 0 bridgehead atoms. The highest BCUT2D eigenvalue weighted by Crippen LogP contribution is 2.33. The number of amides is 2. The summed E-state index contributed by atoms with van der Waals surface area (Å²) in [5.41, 5.74) is 0.602. The molecular weight excluding hydrogens is 288 g/mol. The second-order valence-corrected chi connectivity index (χ2v) is 5.03. The normalized spacial score (nSPS) is 18.4. The molecule has 4 nitrogen and oxygen atoms in total. The molecule has 90 valence electrons. The quantitative estimate of drug-likeness (QED) is 0.788. The maximum atomic E-state index is 11.6. The number of alkyl halides is 2. The van der Waals surface area contributed by atoms with Gasteiger partial charge in [0.1, 0.15) is 0 Å². The lowest BCUT2D eigenvalue weighted by atomic mass is 10.2. The molecule has 2 rings (SSSR count). The van der Waals surface area contributed by atoms with Crippen LogP contribution in [0.2, 0.25) is 5.02 Å². The number of halogens is 3.